The fourth-order valence-corrected chi connectivity index (χ4v) is 3.73. The van der Waals surface area contributed by atoms with Gasteiger partial charge in [0.1, 0.15) is 17.2 Å². The average Bonchev–Trinajstić information content (AvgIpc) is 3.05. The first-order valence-electron chi connectivity index (χ1n) is 11.3. The van der Waals surface area contributed by atoms with Crippen LogP contribution in [0.1, 0.15) is 33.3 Å². The monoisotopic (exact) mass is 456 g/mol. The van der Waals surface area contributed by atoms with Crippen molar-refractivity contribution < 1.29 is 19.1 Å². The number of ether oxygens (including phenoxy) is 2. The number of rotatable bonds is 8. The van der Waals surface area contributed by atoms with Gasteiger partial charge >= 0.3 is 0 Å². The molecule has 6 nitrogen and oxygen atoms in total. The van der Waals surface area contributed by atoms with E-state index in [0.717, 1.165) is 5.75 Å². The Morgan fingerprint density at radius 2 is 1.21 bits per heavy atom. The molecule has 0 saturated carbocycles. The Hall–Kier alpha value is -4.06. The maximum atomic E-state index is 13.5. The number of anilines is 2. The summed E-state index contributed by atoms with van der Waals surface area (Å²) < 4.78 is 11.4. The van der Waals surface area contributed by atoms with Crippen LogP contribution in [0.2, 0.25) is 0 Å². The van der Waals surface area contributed by atoms with E-state index < -0.39 is 5.91 Å². The number of nitrogens with zero attached hydrogens (tertiary/aromatic N) is 1. The average molecular weight is 457 g/mol. The molecule has 1 heterocycles. The zero-order chi connectivity index (χ0) is 24.2. The number of nitrogens with one attached hydrogen (secondary N) is 1. The van der Waals surface area contributed by atoms with Crippen LogP contribution in [0.4, 0.5) is 11.4 Å². The molecule has 0 unspecified atom stereocenters. The first-order chi connectivity index (χ1) is 16.3. The smallest absolute Gasteiger partial charge is 0.282 e. The largest absolute Gasteiger partial charge is 0.491 e. The van der Waals surface area contributed by atoms with Crippen molar-refractivity contribution in [1.82, 2.24) is 0 Å². The molecule has 0 atom stereocenters. The van der Waals surface area contributed by atoms with E-state index in [9.17, 15) is 9.59 Å². The van der Waals surface area contributed by atoms with E-state index >= 15 is 0 Å². The highest BCUT2D eigenvalue weighted by atomic mass is 16.5. The summed E-state index contributed by atoms with van der Waals surface area (Å²) >= 11 is 0. The highest BCUT2D eigenvalue weighted by Crippen LogP contribution is 2.34. The Balaban J connectivity index is 1.67. The molecule has 6 heteroatoms. The fraction of sp³-hybridized carbons (Fsp3) is 0.214. The van der Waals surface area contributed by atoms with Gasteiger partial charge in [-0.3, -0.25) is 9.59 Å². The number of carbonyl (C=O) groups is 2. The van der Waals surface area contributed by atoms with Crippen molar-refractivity contribution in [2.45, 2.75) is 39.9 Å². The van der Waals surface area contributed by atoms with Gasteiger partial charge in [0.25, 0.3) is 11.8 Å². The molecule has 0 radical (unpaired) electrons. The minimum Gasteiger partial charge on any atom is -0.491 e. The topological polar surface area (TPSA) is 67.9 Å². The molecule has 2 amide bonds. The van der Waals surface area contributed by atoms with Crippen molar-refractivity contribution in [3.8, 4) is 11.5 Å². The summed E-state index contributed by atoms with van der Waals surface area (Å²) in [5.41, 5.74) is 2.40. The van der Waals surface area contributed by atoms with Gasteiger partial charge in [-0.25, -0.2) is 4.90 Å². The first-order valence-corrected chi connectivity index (χ1v) is 11.3. The van der Waals surface area contributed by atoms with Crippen LogP contribution in [0.25, 0.3) is 5.57 Å². The molecule has 1 aliphatic rings. The molecule has 0 spiro atoms. The summed E-state index contributed by atoms with van der Waals surface area (Å²) in [7, 11) is 0. The molecule has 3 aromatic carbocycles. The van der Waals surface area contributed by atoms with Crippen molar-refractivity contribution in [3.05, 3.63) is 90.1 Å². The van der Waals surface area contributed by atoms with Crippen molar-refractivity contribution >= 4 is 28.8 Å². The molecule has 0 aromatic heterocycles. The third kappa shape index (κ3) is 4.96. The van der Waals surface area contributed by atoms with Crippen molar-refractivity contribution in [1.29, 1.82) is 0 Å². The van der Waals surface area contributed by atoms with Gasteiger partial charge in [-0.15, -0.1) is 0 Å². The van der Waals surface area contributed by atoms with Gasteiger partial charge in [-0.2, -0.15) is 0 Å². The van der Waals surface area contributed by atoms with Crippen LogP contribution < -0.4 is 19.7 Å². The fourth-order valence-electron chi connectivity index (χ4n) is 3.73. The van der Waals surface area contributed by atoms with E-state index in [4.69, 9.17) is 9.47 Å². The standard InChI is InChI=1S/C28H28N2O4/c1-18(2)33-23-14-10-21(11-15-23)29-26-25(20-8-6-5-7-9-20)27(31)30(28(26)32)22-12-16-24(17-13-22)34-19(3)4/h5-19,29H,1-4H3. The van der Waals surface area contributed by atoms with Gasteiger partial charge in [-0.1, -0.05) is 30.3 Å². The Bertz CT molecular complexity index is 1200. The van der Waals surface area contributed by atoms with Gasteiger partial charge in [0, 0.05) is 5.69 Å². The van der Waals surface area contributed by atoms with E-state index in [1.54, 1.807) is 24.3 Å². The molecule has 0 saturated heterocycles. The highest BCUT2D eigenvalue weighted by molar-refractivity contribution is 6.46. The second kappa shape index (κ2) is 9.83. The lowest BCUT2D eigenvalue weighted by Gasteiger charge is -2.17. The Kier molecular flexibility index (Phi) is 6.68. The summed E-state index contributed by atoms with van der Waals surface area (Å²) in [5.74, 6) is 0.619. The Morgan fingerprint density at radius 1 is 0.676 bits per heavy atom. The summed E-state index contributed by atoms with van der Waals surface area (Å²) in [6.45, 7) is 7.80. The molecule has 0 fully saturated rings. The molecule has 4 rings (SSSR count). The van der Waals surface area contributed by atoms with Crippen molar-refractivity contribution in [3.63, 3.8) is 0 Å². The minimum absolute atomic E-state index is 0.0281. The van der Waals surface area contributed by atoms with Gasteiger partial charge < -0.3 is 14.8 Å². The summed E-state index contributed by atoms with van der Waals surface area (Å²) in [6, 6.07) is 23.5. The zero-order valence-corrected chi connectivity index (χ0v) is 19.7. The first kappa shape index (κ1) is 23.1. The molecule has 0 bridgehead atoms. The normalized spacial score (nSPS) is 13.8. The van der Waals surface area contributed by atoms with E-state index in [2.05, 4.69) is 5.32 Å². The molecular formula is C28H28N2O4. The van der Waals surface area contributed by atoms with E-state index in [1.165, 1.54) is 4.90 Å². The predicted octanol–water partition coefficient (Wildman–Crippen LogP) is 5.66. The van der Waals surface area contributed by atoms with Gasteiger partial charge in [-0.05, 0) is 81.8 Å². The number of hydrogen-bond acceptors (Lipinski definition) is 5. The number of hydrogen-bond donors (Lipinski definition) is 1. The van der Waals surface area contributed by atoms with Crippen LogP contribution in [0.5, 0.6) is 11.5 Å². The molecule has 1 N–H and O–H groups in total. The molecular weight excluding hydrogens is 428 g/mol. The van der Waals surface area contributed by atoms with Crippen LogP contribution in [0, 0.1) is 0 Å². The summed E-state index contributed by atoms with van der Waals surface area (Å²) in [6.07, 6.45) is 0.0893. The number of imide groups is 1. The second-order valence-corrected chi connectivity index (χ2v) is 8.54. The van der Waals surface area contributed by atoms with Crippen LogP contribution in [0.15, 0.2) is 84.6 Å². The third-order valence-corrected chi connectivity index (χ3v) is 5.11. The van der Waals surface area contributed by atoms with Crippen LogP contribution >= 0.6 is 0 Å². The van der Waals surface area contributed by atoms with Gasteiger partial charge in [0.15, 0.2) is 0 Å². The summed E-state index contributed by atoms with van der Waals surface area (Å²) in [5, 5.41) is 3.17. The zero-order valence-electron chi connectivity index (χ0n) is 19.7. The minimum atomic E-state index is -0.413. The second-order valence-electron chi connectivity index (χ2n) is 8.54. The molecule has 1 aliphatic heterocycles. The lowest BCUT2D eigenvalue weighted by molar-refractivity contribution is -0.120. The van der Waals surface area contributed by atoms with E-state index in [0.29, 0.717) is 28.3 Å². The molecule has 3 aromatic rings. The lowest BCUT2D eigenvalue weighted by Crippen LogP contribution is -2.32. The van der Waals surface area contributed by atoms with E-state index in [1.807, 2.05) is 82.3 Å². The molecule has 34 heavy (non-hydrogen) atoms. The molecule has 0 aliphatic carbocycles. The van der Waals surface area contributed by atoms with E-state index in [-0.39, 0.29) is 23.8 Å². The van der Waals surface area contributed by atoms with Crippen molar-refractivity contribution in [2.24, 2.45) is 0 Å². The maximum Gasteiger partial charge on any atom is 0.282 e. The van der Waals surface area contributed by atoms with Crippen LogP contribution in [-0.4, -0.2) is 24.0 Å². The van der Waals surface area contributed by atoms with Crippen LogP contribution in [0.3, 0.4) is 0 Å². The lowest BCUT2D eigenvalue weighted by atomic mass is 10.0. The molecule has 174 valence electrons. The third-order valence-electron chi connectivity index (χ3n) is 5.11. The van der Waals surface area contributed by atoms with Crippen LogP contribution in [-0.2, 0) is 9.59 Å². The predicted molar refractivity (Wildman–Crippen MR) is 134 cm³/mol. The van der Waals surface area contributed by atoms with Gasteiger partial charge in [0.2, 0.25) is 0 Å². The maximum absolute atomic E-state index is 13.5. The van der Waals surface area contributed by atoms with Crippen molar-refractivity contribution in [2.75, 3.05) is 10.2 Å². The summed E-state index contributed by atoms with van der Waals surface area (Å²) in [4.78, 5) is 28.2. The SMILES string of the molecule is CC(C)Oc1ccc(NC2=C(c3ccccc3)C(=O)N(c3ccc(OC(C)C)cc3)C2=O)cc1. The quantitative estimate of drug-likeness (QED) is 0.443. The highest BCUT2D eigenvalue weighted by Gasteiger charge is 2.40. The Labute approximate surface area is 199 Å². The Morgan fingerprint density at radius 3 is 1.74 bits per heavy atom. The number of benzene rings is 3. The number of amides is 2. The number of carbonyl (C=O) groups excluding carboxylic acids is 2. The van der Waals surface area contributed by atoms with Gasteiger partial charge in [0.05, 0.1) is 23.5 Å².